The standard InChI is InChI=1S/C22H27N3O5/c1-5-29-18-8-10-19(11-9-18)30-16(4)21(27)25-24-20(26)13-23-22(28)17-7-6-14(2)15(3)12-17/h6-12,16H,5,13H2,1-4H3,(H,23,28)(H,24,26)(H,25,27)/t16-/m1/s1. The van der Waals surface area contributed by atoms with Crippen molar-refractivity contribution in [1.82, 2.24) is 16.2 Å². The first kappa shape index (κ1) is 22.7. The lowest BCUT2D eigenvalue weighted by Gasteiger charge is -2.15. The summed E-state index contributed by atoms with van der Waals surface area (Å²) < 4.78 is 10.9. The van der Waals surface area contributed by atoms with Crippen molar-refractivity contribution >= 4 is 17.7 Å². The van der Waals surface area contributed by atoms with Crippen molar-refractivity contribution in [3.8, 4) is 11.5 Å². The van der Waals surface area contributed by atoms with E-state index in [1.807, 2.05) is 26.8 Å². The van der Waals surface area contributed by atoms with Crippen molar-refractivity contribution in [2.24, 2.45) is 0 Å². The smallest absolute Gasteiger partial charge is 0.279 e. The zero-order chi connectivity index (χ0) is 22.1. The lowest BCUT2D eigenvalue weighted by molar-refractivity contribution is -0.132. The minimum Gasteiger partial charge on any atom is -0.494 e. The lowest BCUT2D eigenvalue weighted by Crippen LogP contribution is -2.50. The third kappa shape index (κ3) is 6.80. The van der Waals surface area contributed by atoms with Crippen LogP contribution in [-0.4, -0.2) is 37.0 Å². The summed E-state index contributed by atoms with van der Waals surface area (Å²) in [7, 11) is 0. The van der Waals surface area contributed by atoms with Gasteiger partial charge in [0.1, 0.15) is 11.5 Å². The van der Waals surface area contributed by atoms with Crippen LogP contribution < -0.4 is 25.6 Å². The molecule has 0 saturated heterocycles. The summed E-state index contributed by atoms with van der Waals surface area (Å²) in [4.78, 5) is 36.1. The highest BCUT2D eigenvalue weighted by atomic mass is 16.5. The summed E-state index contributed by atoms with van der Waals surface area (Å²) >= 11 is 0. The van der Waals surface area contributed by atoms with Crippen molar-refractivity contribution in [3.05, 3.63) is 59.2 Å². The number of hydrazine groups is 1. The quantitative estimate of drug-likeness (QED) is 0.575. The van der Waals surface area contributed by atoms with E-state index in [9.17, 15) is 14.4 Å². The number of rotatable bonds is 8. The first-order valence-corrected chi connectivity index (χ1v) is 9.63. The van der Waals surface area contributed by atoms with Crippen LogP contribution in [0.15, 0.2) is 42.5 Å². The number of amides is 3. The Bertz CT molecular complexity index is 896. The molecule has 0 aliphatic heterocycles. The van der Waals surface area contributed by atoms with Crippen LogP contribution in [0.2, 0.25) is 0 Å². The Morgan fingerprint density at radius 2 is 1.60 bits per heavy atom. The molecule has 1 atom stereocenters. The fourth-order valence-electron chi connectivity index (χ4n) is 2.46. The Morgan fingerprint density at radius 1 is 0.933 bits per heavy atom. The fraction of sp³-hybridized carbons (Fsp3) is 0.318. The highest BCUT2D eigenvalue weighted by molar-refractivity contribution is 5.96. The predicted molar refractivity (Wildman–Crippen MR) is 112 cm³/mol. The molecule has 0 radical (unpaired) electrons. The van der Waals surface area contributed by atoms with Crippen molar-refractivity contribution in [3.63, 3.8) is 0 Å². The van der Waals surface area contributed by atoms with Gasteiger partial charge < -0.3 is 14.8 Å². The van der Waals surface area contributed by atoms with E-state index in [1.54, 1.807) is 43.3 Å². The van der Waals surface area contributed by atoms with E-state index in [4.69, 9.17) is 9.47 Å². The Morgan fingerprint density at radius 3 is 2.23 bits per heavy atom. The average molecular weight is 413 g/mol. The van der Waals surface area contributed by atoms with Gasteiger partial charge in [0.25, 0.3) is 17.7 Å². The fourth-order valence-corrected chi connectivity index (χ4v) is 2.46. The van der Waals surface area contributed by atoms with E-state index < -0.39 is 17.9 Å². The molecule has 0 unspecified atom stereocenters. The molecule has 3 N–H and O–H groups in total. The van der Waals surface area contributed by atoms with Gasteiger partial charge in [0.05, 0.1) is 13.2 Å². The predicted octanol–water partition coefficient (Wildman–Crippen LogP) is 2.05. The summed E-state index contributed by atoms with van der Waals surface area (Å²) in [5, 5.41) is 2.51. The summed E-state index contributed by atoms with van der Waals surface area (Å²) in [5.41, 5.74) is 7.05. The molecule has 0 aromatic heterocycles. The normalized spacial score (nSPS) is 11.2. The maximum atomic E-state index is 12.1. The number of benzene rings is 2. The van der Waals surface area contributed by atoms with Gasteiger partial charge in [0, 0.05) is 5.56 Å². The zero-order valence-electron chi connectivity index (χ0n) is 17.6. The van der Waals surface area contributed by atoms with Crippen molar-refractivity contribution < 1.29 is 23.9 Å². The second-order valence-corrected chi connectivity index (χ2v) is 6.68. The summed E-state index contributed by atoms with van der Waals surface area (Å²) in [6.07, 6.45) is -0.839. The highest BCUT2D eigenvalue weighted by Crippen LogP contribution is 2.18. The monoisotopic (exact) mass is 413 g/mol. The molecular weight excluding hydrogens is 386 g/mol. The Labute approximate surface area is 175 Å². The first-order valence-electron chi connectivity index (χ1n) is 9.63. The molecule has 0 aliphatic carbocycles. The van der Waals surface area contributed by atoms with Crippen LogP contribution in [0.4, 0.5) is 0 Å². The van der Waals surface area contributed by atoms with Crippen LogP contribution in [-0.2, 0) is 9.59 Å². The van der Waals surface area contributed by atoms with Crippen LogP contribution in [0.5, 0.6) is 11.5 Å². The third-order valence-electron chi connectivity index (χ3n) is 4.32. The van der Waals surface area contributed by atoms with E-state index in [-0.39, 0.29) is 12.5 Å². The van der Waals surface area contributed by atoms with Crippen LogP contribution >= 0.6 is 0 Å². The van der Waals surface area contributed by atoms with Gasteiger partial charge in [-0.1, -0.05) is 6.07 Å². The molecule has 0 spiro atoms. The molecule has 0 heterocycles. The topological polar surface area (TPSA) is 106 Å². The lowest BCUT2D eigenvalue weighted by atomic mass is 10.1. The van der Waals surface area contributed by atoms with Crippen LogP contribution in [0.1, 0.15) is 35.3 Å². The molecule has 0 saturated carbocycles. The second kappa shape index (κ2) is 10.8. The third-order valence-corrected chi connectivity index (χ3v) is 4.32. The molecule has 0 aliphatic rings. The van der Waals surface area contributed by atoms with E-state index in [0.29, 0.717) is 23.7 Å². The molecule has 160 valence electrons. The molecule has 2 aromatic carbocycles. The number of carbonyl (C=O) groups excluding carboxylic acids is 3. The molecule has 8 heteroatoms. The maximum Gasteiger partial charge on any atom is 0.279 e. The number of nitrogens with one attached hydrogen (secondary N) is 3. The van der Waals surface area contributed by atoms with Gasteiger partial charge in [-0.05, 0) is 75.2 Å². The molecule has 30 heavy (non-hydrogen) atoms. The largest absolute Gasteiger partial charge is 0.494 e. The second-order valence-electron chi connectivity index (χ2n) is 6.68. The van der Waals surface area contributed by atoms with Crippen molar-refractivity contribution in [1.29, 1.82) is 0 Å². The van der Waals surface area contributed by atoms with E-state index in [0.717, 1.165) is 11.1 Å². The Hall–Kier alpha value is -3.55. The van der Waals surface area contributed by atoms with Crippen LogP contribution in [0.25, 0.3) is 0 Å². The molecule has 2 aromatic rings. The molecule has 8 nitrogen and oxygen atoms in total. The Kier molecular flexibility index (Phi) is 8.22. The number of ether oxygens (including phenoxy) is 2. The van der Waals surface area contributed by atoms with Gasteiger partial charge in [-0.3, -0.25) is 25.2 Å². The first-order chi connectivity index (χ1) is 14.3. The maximum absolute atomic E-state index is 12.1. The highest BCUT2D eigenvalue weighted by Gasteiger charge is 2.16. The van der Waals surface area contributed by atoms with Crippen molar-refractivity contribution in [2.45, 2.75) is 33.8 Å². The zero-order valence-corrected chi connectivity index (χ0v) is 17.6. The van der Waals surface area contributed by atoms with E-state index >= 15 is 0 Å². The van der Waals surface area contributed by atoms with Crippen LogP contribution in [0, 0.1) is 13.8 Å². The molecule has 3 amide bonds. The minimum atomic E-state index is -0.839. The number of hydrogen-bond acceptors (Lipinski definition) is 5. The minimum absolute atomic E-state index is 0.278. The van der Waals surface area contributed by atoms with Gasteiger partial charge in [-0.25, -0.2) is 0 Å². The molecule has 0 fully saturated rings. The van der Waals surface area contributed by atoms with Gasteiger partial charge in [0.15, 0.2) is 6.10 Å². The van der Waals surface area contributed by atoms with Gasteiger partial charge in [-0.2, -0.15) is 0 Å². The SMILES string of the molecule is CCOc1ccc(O[C@H](C)C(=O)NNC(=O)CNC(=O)c2ccc(C)c(C)c2)cc1. The van der Waals surface area contributed by atoms with Gasteiger partial charge >= 0.3 is 0 Å². The van der Waals surface area contributed by atoms with Crippen molar-refractivity contribution in [2.75, 3.05) is 13.2 Å². The van der Waals surface area contributed by atoms with E-state index in [2.05, 4.69) is 16.2 Å². The molecular formula is C22H27N3O5. The van der Waals surface area contributed by atoms with E-state index in [1.165, 1.54) is 0 Å². The van der Waals surface area contributed by atoms with Gasteiger partial charge in [-0.15, -0.1) is 0 Å². The average Bonchev–Trinajstić information content (AvgIpc) is 2.73. The number of carbonyl (C=O) groups is 3. The molecule has 0 bridgehead atoms. The summed E-state index contributed by atoms with van der Waals surface area (Å²) in [6, 6.07) is 12.1. The summed E-state index contributed by atoms with van der Waals surface area (Å²) in [5.74, 6) is -0.261. The summed E-state index contributed by atoms with van der Waals surface area (Å²) in [6.45, 7) is 7.59. The van der Waals surface area contributed by atoms with Crippen LogP contribution in [0.3, 0.4) is 0 Å². The van der Waals surface area contributed by atoms with Gasteiger partial charge in [0.2, 0.25) is 0 Å². The number of hydrogen-bond donors (Lipinski definition) is 3. The Balaban J connectivity index is 1.74. The molecule has 2 rings (SSSR count). The number of aryl methyl sites for hydroxylation is 2.